The van der Waals surface area contributed by atoms with Crippen LogP contribution in [-0.4, -0.2) is 66.7 Å². The number of benzene rings is 2. The third-order valence-corrected chi connectivity index (χ3v) is 5.26. The molecule has 0 N–H and O–H groups in total. The number of carbonyl (C=O) groups is 1. The number of hydrogen-bond donors (Lipinski definition) is 0. The van der Waals surface area contributed by atoms with E-state index in [4.69, 9.17) is 9.15 Å². The normalized spacial score (nSPS) is 18.0. The second kappa shape index (κ2) is 7.64. The second-order valence-electron chi connectivity index (χ2n) is 7.22. The Kier molecular flexibility index (Phi) is 5.15. The van der Waals surface area contributed by atoms with Gasteiger partial charge in [-0.3, -0.25) is 9.69 Å². The minimum atomic E-state index is -4.39. The van der Waals surface area contributed by atoms with Gasteiger partial charge in [-0.1, -0.05) is 6.07 Å². The van der Waals surface area contributed by atoms with Crippen LogP contribution in [-0.2, 0) is 0 Å². The van der Waals surface area contributed by atoms with Crippen LogP contribution in [0.25, 0.3) is 22.6 Å². The Hall–Kier alpha value is -3.07. The van der Waals surface area contributed by atoms with Crippen LogP contribution in [0.1, 0.15) is 10.4 Å². The van der Waals surface area contributed by atoms with E-state index in [1.165, 1.54) is 16.8 Å². The number of rotatable bonds is 3. The van der Waals surface area contributed by atoms with Crippen LogP contribution in [0.15, 0.2) is 46.9 Å². The van der Waals surface area contributed by atoms with Crippen LogP contribution in [0.2, 0.25) is 0 Å². The van der Waals surface area contributed by atoms with Crippen molar-refractivity contribution in [1.29, 1.82) is 0 Å². The van der Waals surface area contributed by atoms with E-state index < -0.39 is 24.7 Å². The summed E-state index contributed by atoms with van der Waals surface area (Å²) in [6.07, 6.45) is -4.39. The van der Waals surface area contributed by atoms with Gasteiger partial charge in [0.05, 0.1) is 7.11 Å². The lowest BCUT2D eigenvalue weighted by molar-refractivity contribution is -0.190. The number of methoxy groups -OCH3 is 1. The molecule has 0 spiro atoms. The third kappa shape index (κ3) is 3.85. The number of likely N-dealkylation sites (N-methyl/N-ethyl adjacent to an activating group) is 1. The Balaban J connectivity index is 1.59. The van der Waals surface area contributed by atoms with E-state index in [0.717, 1.165) is 0 Å². The van der Waals surface area contributed by atoms with Crippen LogP contribution >= 0.6 is 0 Å². The Morgan fingerprint density at radius 1 is 1.20 bits per heavy atom. The predicted molar refractivity (Wildman–Crippen MR) is 104 cm³/mol. The highest BCUT2D eigenvalue weighted by molar-refractivity contribution is 5.97. The van der Waals surface area contributed by atoms with E-state index in [1.807, 2.05) is 12.1 Å². The number of amides is 1. The molecule has 30 heavy (non-hydrogen) atoms. The van der Waals surface area contributed by atoms with Crippen LogP contribution in [0.3, 0.4) is 0 Å². The summed E-state index contributed by atoms with van der Waals surface area (Å²) < 4.78 is 50.7. The van der Waals surface area contributed by atoms with Crippen molar-refractivity contribution >= 4 is 17.0 Å². The summed E-state index contributed by atoms with van der Waals surface area (Å²) in [6.45, 7) is -0.0132. The van der Waals surface area contributed by atoms with E-state index in [-0.39, 0.29) is 18.7 Å². The van der Waals surface area contributed by atoms with Gasteiger partial charge in [-0.15, -0.1) is 0 Å². The van der Waals surface area contributed by atoms with E-state index in [0.29, 0.717) is 28.3 Å². The molecule has 1 aliphatic heterocycles. The number of halogens is 3. The molecule has 4 rings (SSSR count). The average molecular weight is 419 g/mol. The van der Waals surface area contributed by atoms with Crippen molar-refractivity contribution in [2.75, 3.05) is 33.8 Å². The number of carbonyl (C=O) groups excluding carboxylic acids is 1. The zero-order valence-electron chi connectivity index (χ0n) is 16.4. The highest BCUT2D eigenvalue weighted by Gasteiger charge is 2.46. The molecule has 1 aromatic heterocycles. The van der Waals surface area contributed by atoms with E-state index in [9.17, 15) is 18.0 Å². The minimum Gasteiger partial charge on any atom is -0.497 e. The smallest absolute Gasteiger partial charge is 0.405 e. The number of hydrogen-bond acceptors (Lipinski definition) is 5. The fraction of sp³-hybridized carbons (Fsp3) is 0.333. The lowest BCUT2D eigenvalue weighted by Crippen LogP contribution is -2.58. The molecule has 0 bridgehead atoms. The molecule has 1 fully saturated rings. The molecule has 3 aromatic rings. The minimum absolute atomic E-state index is 0.155. The molecule has 0 radical (unpaired) electrons. The first-order valence-electron chi connectivity index (χ1n) is 9.37. The molecule has 1 aliphatic rings. The van der Waals surface area contributed by atoms with Gasteiger partial charge in [0.25, 0.3) is 5.91 Å². The van der Waals surface area contributed by atoms with Gasteiger partial charge in [0.15, 0.2) is 5.58 Å². The van der Waals surface area contributed by atoms with Crippen molar-refractivity contribution in [2.45, 2.75) is 12.2 Å². The first-order chi connectivity index (χ1) is 14.3. The highest BCUT2D eigenvalue weighted by Crippen LogP contribution is 2.29. The predicted octanol–water partition coefficient (Wildman–Crippen LogP) is 3.82. The van der Waals surface area contributed by atoms with Crippen molar-refractivity contribution in [2.24, 2.45) is 0 Å². The van der Waals surface area contributed by atoms with Gasteiger partial charge in [-0.25, -0.2) is 4.98 Å². The average Bonchev–Trinajstić information content (AvgIpc) is 3.16. The maximum absolute atomic E-state index is 13.2. The zero-order valence-corrected chi connectivity index (χ0v) is 16.4. The number of oxazole rings is 1. The molecule has 0 aliphatic carbocycles. The fourth-order valence-corrected chi connectivity index (χ4v) is 3.53. The zero-order chi connectivity index (χ0) is 21.5. The van der Waals surface area contributed by atoms with E-state index in [2.05, 4.69) is 4.98 Å². The number of piperazine rings is 1. The van der Waals surface area contributed by atoms with Gasteiger partial charge in [0.1, 0.15) is 17.3 Å². The van der Waals surface area contributed by atoms with Crippen molar-refractivity contribution in [3.05, 3.63) is 48.0 Å². The molecule has 1 saturated heterocycles. The number of nitrogens with zero attached hydrogens (tertiary/aromatic N) is 3. The Morgan fingerprint density at radius 2 is 2.00 bits per heavy atom. The molecule has 1 amide bonds. The van der Waals surface area contributed by atoms with Crippen molar-refractivity contribution in [3.8, 4) is 17.2 Å². The Morgan fingerprint density at radius 3 is 2.73 bits per heavy atom. The number of alkyl halides is 3. The van der Waals surface area contributed by atoms with E-state index in [1.54, 1.807) is 37.4 Å². The summed E-state index contributed by atoms with van der Waals surface area (Å²) >= 11 is 0. The maximum Gasteiger partial charge on any atom is 0.405 e. The monoisotopic (exact) mass is 419 g/mol. The molecule has 1 atom stereocenters. The van der Waals surface area contributed by atoms with Gasteiger partial charge >= 0.3 is 6.18 Å². The summed E-state index contributed by atoms with van der Waals surface area (Å²) in [6, 6.07) is 10.2. The molecular formula is C21H20F3N3O3. The van der Waals surface area contributed by atoms with Crippen LogP contribution in [0, 0.1) is 0 Å². The first kappa shape index (κ1) is 20.2. The standard InChI is InChI=1S/C21H20F3N3O3/c1-26-8-9-27(12-18(26)21(22,23)24)20(28)14-6-7-17-16(11-14)25-19(30-17)13-4-3-5-15(10-13)29-2/h3-7,10-11,18H,8-9,12H2,1-2H3. The number of ether oxygens (including phenoxy) is 1. The molecule has 1 unspecified atom stereocenters. The Bertz CT molecular complexity index is 1080. The first-order valence-corrected chi connectivity index (χ1v) is 9.37. The number of aromatic nitrogens is 1. The quantitative estimate of drug-likeness (QED) is 0.646. The van der Waals surface area contributed by atoms with Gasteiger partial charge in [-0.2, -0.15) is 13.2 Å². The van der Waals surface area contributed by atoms with Crippen LogP contribution in [0.5, 0.6) is 5.75 Å². The molecule has 9 heteroatoms. The summed E-state index contributed by atoms with van der Waals surface area (Å²) in [4.78, 5) is 19.7. The van der Waals surface area contributed by atoms with Gasteiger partial charge in [0.2, 0.25) is 5.89 Å². The maximum atomic E-state index is 13.2. The fourth-order valence-electron chi connectivity index (χ4n) is 3.53. The lowest BCUT2D eigenvalue weighted by Gasteiger charge is -2.40. The SMILES string of the molecule is COc1cccc(-c2nc3cc(C(=O)N4CCN(C)C(C(F)(F)F)C4)ccc3o2)c1. The van der Waals surface area contributed by atoms with Crippen LogP contribution in [0.4, 0.5) is 13.2 Å². The summed E-state index contributed by atoms with van der Waals surface area (Å²) in [5, 5.41) is 0. The molecule has 0 saturated carbocycles. The molecular weight excluding hydrogens is 399 g/mol. The van der Waals surface area contributed by atoms with Crippen molar-refractivity contribution in [1.82, 2.24) is 14.8 Å². The Labute approximate surface area is 170 Å². The summed E-state index contributed by atoms with van der Waals surface area (Å²) in [5.74, 6) is 0.565. The molecule has 6 nitrogen and oxygen atoms in total. The van der Waals surface area contributed by atoms with Gasteiger partial charge in [0, 0.05) is 30.8 Å². The summed E-state index contributed by atoms with van der Waals surface area (Å²) in [5.41, 5.74) is 1.93. The van der Waals surface area contributed by atoms with Crippen molar-refractivity contribution < 1.29 is 27.1 Å². The summed E-state index contributed by atoms with van der Waals surface area (Å²) in [7, 11) is 2.98. The molecule has 158 valence electrons. The molecule has 2 aromatic carbocycles. The lowest BCUT2D eigenvalue weighted by atomic mass is 10.1. The molecule has 2 heterocycles. The van der Waals surface area contributed by atoms with Gasteiger partial charge < -0.3 is 14.1 Å². The number of fused-ring (bicyclic) bond motifs is 1. The largest absolute Gasteiger partial charge is 0.497 e. The second-order valence-corrected chi connectivity index (χ2v) is 7.22. The highest BCUT2D eigenvalue weighted by atomic mass is 19.4. The van der Waals surface area contributed by atoms with Crippen LogP contribution < -0.4 is 4.74 Å². The van der Waals surface area contributed by atoms with Crippen molar-refractivity contribution in [3.63, 3.8) is 0 Å². The van der Waals surface area contributed by atoms with E-state index >= 15 is 0 Å². The third-order valence-electron chi connectivity index (χ3n) is 5.26. The van der Waals surface area contributed by atoms with Gasteiger partial charge in [-0.05, 0) is 43.4 Å². The topological polar surface area (TPSA) is 58.8 Å².